The second kappa shape index (κ2) is 5.16. The Kier molecular flexibility index (Phi) is 3.62. The van der Waals surface area contributed by atoms with Crippen molar-refractivity contribution < 1.29 is 4.74 Å². The van der Waals surface area contributed by atoms with Gasteiger partial charge in [0.15, 0.2) is 0 Å². The normalized spacial score (nSPS) is 24.4. The number of pyridine rings is 1. The van der Waals surface area contributed by atoms with Crippen molar-refractivity contribution in [3.8, 4) is 5.88 Å². The zero-order valence-electron chi connectivity index (χ0n) is 9.65. The molecule has 0 radical (unpaired) electrons. The average Bonchev–Trinajstić information content (AvgIpc) is 2.72. The predicted molar refractivity (Wildman–Crippen MR) is 64.6 cm³/mol. The fraction of sp³-hybridized carbons (Fsp3) is 0.583. The molecule has 2 unspecified atom stereocenters. The molecule has 1 heterocycles. The molecule has 0 aromatic carbocycles. The lowest BCUT2D eigenvalue weighted by atomic mass is 10.1. The molecular weight excluding hydrogens is 202 g/mol. The molecule has 1 aliphatic carbocycles. The number of rotatable bonds is 4. The Hall–Kier alpha value is -1.29. The summed E-state index contributed by atoms with van der Waals surface area (Å²) >= 11 is 0. The van der Waals surface area contributed by atoms with Crippen LogP contribution in [-0.2, 0) is 0 Å². The van der Waals surface area contributed by atoms with Crippen molar-refractivity contribution in [2.45, 2.75) is 25.3 Å². The molecule has 88 valence electrons. The van der Waals surface area contributed by atoms with Crippen LogP contribution in [0.25, 0.3) is 0 Å². The number of aromatic nitrogens is 1. The second-order valence-electron chi connectivity index (χ2n) is 4.30. The van der Waals surface area contributed by atoms with E-state index in [1.54, 1.807) is 7.11 Å². The van der Waals surface area contributed by atoms with Crippen LogP contribution in [0.2, 0.25) is 0 Å². The van der Waals surface area contributed by atoms with Crippen molar-refractivity contribution in [3.05, 3.63) is 18.2 Å². The molecule has 0 amide bonds. The Bertz CT molecular complexity index is 343. The molecule has 4 nitrogen and oxygen atoms in total. The lowest BCUT2D eigenvalue weighted by molar-refractivity contribution is 0.398. The van der Waals surface area contributed by atoms with Crippen LogP contribution in [0.15, 0.2) is 18.2 Å². The molecule has 0 aliphatic heterocycles. The molecule has 1 aliphatic rings. The monoisotopic (exact) mass is 221 g/mol. The summed E-state index contributed by atoms with van der Waals surface area (Å²) in [6.45, 7) is 0.904. The number of nitrogens with zero attached hydrogens (tertiary/aromatic N) is 1. The van der Waals surface area contributed by atoms with E-state index in [2.05, 4.69) is 10.3 Å². The second-order valence-corrected chi connectivity index (χ2v) is 4.30. The highest BCUT2D eigenvalue weighted by Crippen LogP contribution is 2.24. The fourth-order valence-corrected chi connectivity index (χ4v) is 2.18. The van der Waals surface area contributed by atoms with Gasteiger partial charge in [-0.05, 0) is 24.8 Å². The maximum atomic E-state index is 6.01. The third-order valence-electron chi connectivity index (χ3n) is 3.20. The number of anilines is 1. The van der Waals surface area contributed by atoms with Crippen molar-refractivity contribution in [1.29, 1.82) is 0 Å². The van der Waals surface area contributed by atoms with Gasteiger partial charge < -0.3 is 15.8 Å². The van der Waals surface area contributed by atoms with Gasteiger partial charge in [-0.2, -0.15) is 4.98 Å². The number of ether oxygens (including phenoxy) is 1. The van der Waals surface area contributed by atoms with Gasteiger partial charge >= 0.3 is 0 Å². The maximum absolute atomic E-state index is 6.01. The van der Waals surface area contributed by atoms with E-state index in [0.717, 1.165) is 18.8 Å². The number of nitrogens with two attached hydrogens (primary N) is 1. The molecule has 2 rings (SSSR count). The third-order valence-corrected chi connectivity index (χ3v) is 3.20. The zero-order chi connectivity index (χ0) is 11.4. The molecule has 1 saturated carbocycles. The fourth-order valence-electron chi connectivity index (χ4n) is 2.18. The summed E-state index contributed by atoms with van der Waals surface area (Å²) < 4.78 is 5.07. The lowest BCUT2D eigenvalue weighted by Crippen LogP contribution is -2.29. The third kappa shape index (κ3) is 2.64. The number of methoxy groups -OCH3 is 1. The van der Waals surface area contributed by atoms with Gasteiger partial charge in [-0.1, -0.05) is 12.5 Å². The highest BCUT2D eigenvalue weighted by molar-refractivity contribution is 5.37. The van der Waals surface area contributed by atoms with Crippen molar-refractivity contribution >= 4 is 5.82 Å². The molecule has 16 heavy (non-hydrogen) atoms. The molecule has 3 N–H and O–H groups in total. The Morgan fingerprint density at radius 3 is 3.06 bits per heavy atom. The van der Waals surface area contributed by atoms with Crippen LogP contribution in [0.5, 0.6) is 5.88 Å². The van der Waals surface area contributed by atoms with Crippen LogP contribution < -0.4 is 15.8 Å². The number of hydrogen-bond acceptors (Lipinski definition) is 4. The van der Waals surface area contributed by atoms with E-state index in [-0.39, 0.29) is 0 Å². The zero-order valence-corrected chi connectivity index (χ0v) is 9.65. The van der Waals surface area contributed by atoms with Crippen molar-refractivity contribution in [2.24, 2.45) is 11.7 Å². The summed E-state index contributed by atoms with van der Waals surface area (Å²) in [6, 6.07) is 6.07. The molecule has 0 bridgehead atoms. The summed E-state index contributed by atoms with van der Waals surface area (Å²) in [4.78, 5) is 4.30. The first-order valence-electron chi connectivity index (χ1n) is 5.80. The highest BCUT2D eigenvalue weighted by atomic mass is 16.5. The molecule has 4 heteroatoms. The van der Waals surface area contributed by atoms with E-state index < -0.39 is 0 Å². The minimum Gasteiger partial charge on any atom is -0.481 e. The smallest absolute Gasteiger partial charge is 0.214 e. The Balaban J connectivity index is 1.88. The van der Waals surface area contributed by atoms with Gasteiger partial charge in [0, 0.05) is 18.7 Å². The molecule has 1 aromatic heterocycles. The number of hydrogen-bond donors (Lipinski definition) is 2. The summed E-state index contributed by atoms with van der Waals surface area (Å²) in [7, 11) is 1.62. The van der Waals surface area contributed by atoms with Crippen LogP contribution in [0.3, 0.4) is 0 Å². The van der Waals surface area contributed by atoms with Crippen molar-refractivity contribution in [1.82, 2.24) is 4.98 Å². The Morgan fingerprint density at radius 2 is 2.38 bits per heavy atom. The van der Waals surface area contributed by atoms with Gasteiger partial charge in [-0.15, -0.1) is 0 Å². The van der Waals surface area contributed by atoms with Gasteiger partial charge in [0.05, 0.1) is 7.11 Å². The van der Waals surface area contributed by atoms with Gasteiger partial charge in [0.2, 0.25) is 5.88 Å². The standard InChI is InChI=1S/C12H19N3O/c1-16-12-7-3-6-11(15-12)14-8-9-4-2-5-10(9)13/h3,6-7,9-10H,2,4-5,8,13H2,1H3,(H,14,15). The SMILES string of the molecule is COc1cccc(NCC2CCCC2N)n1. The van der Waals surface area contributed by atoms with Crippen molar-refractivity contribution in [3.63, 3.8) is 0 Å². The minimum atomic E-state index is 0.345. The van der Waals surface area contributed by atoms with Gasteiger partial charge in [0.1, 0.15) is 5.82 Å². The quantitative estimate of drug-likeness (QED) is 0.811. The van der Waals surface area contributed by atoms with E-state index in [9.17, 15) is 0 Å². The Morgan fingerprint density at radius 1 is 1.50 bits per heavy atom. The van der Waals surface area contributed by atoms with Crippen LogP contribution in [0.1, 0.15) is 19.3 Å². The van der Waals surface area contributed by atoms with Gasteiger partial charge in [-0.3, -0.25) is 0 Å². The predicted octanol–water partition coefficient (Wildman–Crippen LogP) is 1.63. The van der Waals surface area contributed by atoms with Crippen LogP contribution in [0, 0.1) is 5.92 Å². The molecule has 0 saturated heterocycles. The molecule has 1 aromatic rings. The summed E-state index contributed by atoms with van der Waals surface area (Å²) in [5, 5.41) is 3.32. The molecule has 1 fully saturated rings. The first-order valence-corrected chi connectivity index (χ1v) is 5.80. The first-order chi connectivity index (χ1) is 7.79. The highest BCUT2D eigenvalue weighted by Gasteiger charge is 2.23. The van der Waals surface area contributed by atoms with Crippen LogP contribution >= 0.6 is 0 Å². The van der Waals surface area contributed by atoms with Gasteiger partial charge in [0.25, 0.3) is 0 Å². The maximum Gasteiger partial charge on any atom is 0.214 e. The Labute approximate surface area is 96.2 Å². The van der Waals surface area contributed by atoms with Crippen LogP contribution in [-0.4, -0.2) is 24.7 Å². The largest absolute Gasteiger partial charge is 0.481 e. The lowest BCUT2D eigenvalue weighted by Gasteiger charge is -2.16. The summed E-state index contributed by atoms with van der Waals surface area (Å²) in [5.41, 5.74) is 6.01. The topological polar surface area (TPSA) is 60.2 Å². The summed E-state index contributed by atoms with van der Waals surface area (Å²) in [6.07, 6.45) is 3.62. The minimum absolute atomic E-state index is 0.345. The van der Waals surface area contributed by atoms with E-state index in [1.807, 2.05) is 18.2 Å². The molecule has 0 spiro atoms. The summed E-state index contributed by atoms with van der Waals surface area (Å²) in [5.74, 6) is 2.08. The first kappa shape index (κ1) is 11.2. The molecular formula is C12H19N3O. The average molecular weight is 221 g/mol. The van der Waals surface area contributed by atoms with E-state index in [4.69, 9.17) is 10.5 Å². The van der Waals surface area contributed by atoms with E-state index in [0.29, 0.717) is 17.8 Å². The van der Waals surface area contributed by atoms with Gasteiger partial charge in [-0.25, -0.2) is 0 Å². The molecule has 2 atom stereocenters. The number of nitrogens with one attached hydrogen (secondary N) is 1. The van der Waals surface area contributed by atoms with Crippen molar-refractivity contribution in [2.75, 3.05) is 19.0 Å². The van der Waals surface area contributed by atoms with E-state index >= 15 is 0 Å². The van der Waals surface area contributed by atoms with E-state index in [1.165, 1.54) is 12.8 Å². The van der Waals surface area contributed by atoms with Crippen LogP contribution in [0.4, 0.5) is 5.82 Å².